The van der Waals surface area contributed by atoms with Gasteiger partial charge in [-0.3, -0.25) is 10.1 Å². The van der Waals surface area contributed by atoms with Crippen LogP contribution in [0, 0.1) is 35.3 Å². The van der Waals surface area contributed by atoms with Gasteiger partial charge in [0, 0.05) is 16.7 Å². The number of nitro benzene ring substituents is 1. The van der Waals surface area contributed by atoms with Gasteiger partial charge in [-0.05, 0) is 38.1 Å². The van der Waals surface area contributed by atoms with Gasteiger partial charge in [0.2, 0.25) is 5.88 Å². The summed E-state index contributed by atoms with van der Waals surface area (Å²) >= 11 is 5.82. The van der Waals surface area contributed by atoms with Crippen LogP contribution in [-0.2, 0) is 0 Å². The van der Waals surface area contributed by atoms with Gasteiger partial charge < -0.3 is 8.83 Å². The normalized spacial score (nSPS) is 11.0. The Kier molecular flexibility index (Phi) is 4.61. The molecule has 2 aromatic heterocycles. The van der Waals surface area contributed by atoms with Crippen LogP contribution in [0.2, 0.25) is 5.02 Å². The van der Waals surface area contributed by atoms with Crippen LogP contribution in [0.1, 0.15) is 22.6 Å². The standard InChI is InChI=1S/C18H12ClN3O4/c1-10-11(2)25-18(15(10)8-20)21-9-13-4-6-17(26-13)14-5-3-12(19)7-16(14)22(23)24/h3-7,9H,1-2H3. The monoisotopic (exact) mass is 369 g/mol. The zero-order valence-electron chi connectivity index (χ0n) is 13.8. The van der Waals surface area contributed by atoms with Crippen molar-refractivity contribution in [2.24, 2.45) is 4.99 Å². The highest BCUT2D eigenvalue weighted by molar-refractivity contribution is 6.30. The molecule has 0 aliphatic carbocycles. The van der Waals surface area contributed by atoms with Gasteiger partial charge in [0.15, 0.2) is 0 Å². The second-order valence-corrected chi connectivity index (χ2v) is 5.89. The van der Waals surface area contributed by atoms with E-state index >= 15 is 0 Å². The number of halogens is 1. The molecule has 0 amide bonds. The number of aryl methyl sites for hydroxylation is 1. The van der Waals surface area contributed by atoms with Crippen LogP contribution < -0.4 is 0 Å². The number of nitrogens with zero attached hydrogens (tertiary/aromatic N) is 3. The zero-order chi connectivity index (χ0) is 18.8. The molecule has 0 bridgehead atoms. The van der Waals surface area contributed by atoms with E-state index in [1.54, 1.807) is 32.0 Å². The van der Waals surface area contributed by atoms with Crippen molar-refractivity contribution < 1.29 is 13.8 Å². The van der Waals surface area contributed by atoms with Crippen LogP contribution in [0.4, 0.5) is 11.6 Å². The molecular weight excluding hydrogens is 358 g/mol. The number of furan rings is 2. The van der Waals surface area contributed by atoms with Crippen molar-refractivity contribution in [2.45, 2.75) is 13.8 Å². The minimum atomic E-state index is -0.523. The average molecular weight is 370 g/mol. The first-order valence-electron chi connectivity index (χ1n) is 7.49. The molecule has 0 saturated carbocycles. The third-order valence-electron chi connectivity index (χ3n) is 3.84. The van der Waals surface area contributed by atoms with Gasteiger partial charge >= 0.3 is 0 Å². The highest BCUT2D eigenvalue weighted by atomic mass is 35.5. The zero-order valence-corrected chi connectivity index (χ0v) is 14.6. The van der Waals surface area contributed by atoms with Crippen molar-refractivity contribution in [1.29, 1.82) is 5.26 Å². The van der Waals surface area contributed by atoms with Crippen LogP contribution in [0.3, 0.4) is 0 Å². The van der Waals surface area contributed by atoms with Gasteiger partial charge in [-0.2, -0.15) is 5.26 Å². The van der Waals surface area contributed by atoms with E-state index in [9.17, 15) is 15.4 Å². The molecule has 3 rings (SSSR count). The summed E-state index contributed by atoms with van der Waals surface area (Å²) in [7, 11) is 0. The topological polar surface area (TPSA) is 106 Å². The minimum absolute atomic E-state index is 0.153. The Bertz CT molecular complexity index is 1070. The summed E-state index contributed by atoms with van der Waals surface area (Å²) in [4.78, 5) is 14.8. The lowest BCUT2D eigenvalue weighted by Gasteiger charge is -2.00. The third kappa shape index (κ3) is 3.23. The van der Waals surface area contributed by atoms with Crippen molar-refractivity contribution in [3.63, 3.8) is 0 Å². The van der Waals surface area contributed by atoms with Crippen molar-refractivity contribution in [3.05, 3.63) is 68.1 Å². The van der Waals surface area contributed by atoms with Gasteiger partial charge in [0.05, 0.1) is 16.7 Å². The number of benzene rings is 1. The van der Waals surface area contributed by atoms with Crippen molar-refractivity contribution in [3.8, 4) is 17.4 Å². The summed E-state index contributed by atoms with van der Waals surface area (Å²) in [6.45, 7) is 3.53. The van der Waals surface area contributed by atoms with Crippen LogP contribution in [0.25, 0.3) is 11.3 Å². The lowest BCUT2D eigenvalue weighted by Crippen LogP contribution is -1.91. The smallest absolute Gasteiger partial charge is 0.281 e. The van der Waals surface area contributed by atoms with E-state index < -0.39 is 4.92 Å². The fourth-order valence-electron chi connectivity index (χ4n) is 2.39. The maximum Gasteiger partial charge on any atom is 0.281 e. The molecule has 0 aliphatic rings. The fourth-order valence-corrected chi connectivity index (χ4v) is 2.55. The largest absolute Gasteiger partial charge is 0.455 e. The molecule has 0 radical (unpaired) electrons. The molecule has 3 aromatic rings. The second-order valence-electron chi connectivity index (χ2n) is 5.45. The predicted molar refractivity (Wildman–Crippen MR) is 96.0 cm³/mol. The van der Waals surface area contributed by atoms with Crippen molar-refractivity contribution in [1.82, 2.24) is 0 Å². The van der Waals surface area contributed by atoms with Gasteiger partial charge in [-0.1, -0.05) is 11.6 Å². The molecule has 0 saturated heterocycles. The molecule has 7 nitrogen and oxygen atoms in total. The number of hydrogen-bond donors (Lipinski definition) is 0. The molecule has 0 fully saturated rings. The highest BCUT2D eigenvalue weighted by Crippen LogP contribution is 2.33. The van der Waals surface area contributed by atoms with Crippen LogP contribution >= 0.6 is 11.6 Å². The maximum absolute atomic E-state index is 11.2. The predicted octanol–water partition coefficient (Wildman–Crippen LogP) is 5.34. The van der Waals surface area contributed by atoms with Gasteiger partial charge in [0.25, 0.3) is 5.69 Å². The van der Waals surface area contributed by atoms with E-state index in [1.165, 1.54) is 18.3 Å². The third-order valence-corrected chi connectivity index (χ3v) is 4.07. The molecule has 0 spiro atoms. The maximum atomic E-state index is 11.2. The second kappa shape index (κ2) is 6.86. The Morgan fingerprint density at radius 3 is 2.73 bits per heavy atom. The Labute approximate surface area is 153 Å². The molecule has 0 atom stereocenters. The van der Waals surface area contributed by atoms with Crippen molar-refractivity contribution >= 4 is 29.4 Å². The molecular formula is C18H12ClN3O4. The highest BCUT2D eigenvalue weighted by Gasteiger charge is 2.19. The average Bonchev–Trinajstić information content (AvgIpc) is 3.18. The molecule has 8 heteroatoms. The van der Waals surface area contributed by atoms with E-state index in [2.05, 4.69) is 11.1 Å². The molecule has 2 heterocycles. The van der Waals surface area contributed by atoms with E-state index in [1.807, 2.05) is 0 Å². The van der Waals surface area contributed by atoms with Crippen LogP contribution in [-0.4, -0.2) is 11.1 Å². The summed E-state index contributed by atoms with van der Waals surface area (Å²) in [5.41, 5.74) is 1.25. The summed E-state index contributed by atoms with van der Waals surface area (Å²) in [6, 6.07) is 9.60. The minimum Gasteiger partial charge on any atom is -0.455 e. The van der Waals surface area contributed by atoms with Gasteiger partial charge in [-0.15, -0.1) is 0 Å². The number of hydrogen-bond acceptors (Lipinski definition) is 6. The SMILES string of the molecule is Cc1oc(N=Cc2ccc(-c3ccc(Cl)cc3[N+](=O)[O-])o2)c(C#N)c1C. The molecule has 26 heavy (non-hydrogen) atoms. The summed E-state index contributed by atoms with van der Waals surface area (Å²) in [6.07, 6.45) is 1.39. The van der Waals surface area contributed by atoms with E-state index in [-0.39, 0.29) is 16.6 Å². The molecule has 0 unspecified atom stereocenters. The molecule has 0 aliphatic heterocycles. The number of aliphatic imine (C=N–C) groups is 1. The Morgan fingerprint density at radius 2 is 2.04 bits per heavy atom. The van der Waals surface area contributed by atoms with E-state index in [4.69, 9.17) is 20.4 Å². The van der Waals surface area contributed by atoms with Crippen LogP contribution in [0.15, 0.2) is 44.2 Å². The number of rotatable bonds is 4. The number of nitriles is 1. The first-order valence-corrected chi connectivity index (χ1v) is 7.87. The molecule has 0 N–H and O–H groups in total. The lowest BCUT2D eigenvalue weighted by atomic mass is 10.1. The first-order chi connectivity index (χ1) is 12.4. The van der Waals surface area contributed by atoms with Crippen molar-refractivity contribution in [2.75, 3.05) is 0 Å². The Balaban J connectivity index is 1.94. The Hall–Kier alpha value is -3.37. The summed E-state index contributed by atoms with van der Waals surface area (Å²) < 4.78 is 11.1. The van der Waals surface area contributed by atoms with E-state index in [0.29, 0.717) is 28.4 Å². The van der Waals surface area contributed by atoms with Crippen LogP contribution in [0.5, 0.6) is 0 Å². The van der Waals surface area contributed by atoms with Gasteiger partial charge in [-0.25, -0.2) is 4.99 Å². The quantitative estimate of drug-likeness (QED) is 0.350. The molecule has 130 valence electrons. The van der Waals surface area contributed by atoms with E-state index in [0.717, 1.165) is 5.56 Å². The Morgan fingerprint density at radius 1 is 1.27 bits per heavy atom. The fraction of sp³-hybridized carbons (Fsp3) is 0.111. The molecule has 1 aromatic carbocycles. The summed E-state index contributed by atoms with van der Waals surface area (Å²) in [5.74, 6) is 1.48. The van der Waals surface area contributed by atoms with Gasteiger partial charge in [0.1, 0.15) is 28.9 Å². The first kappa shape index (κ1) is 17.5. The summed E-state index contributed by atoms with van der Waals surface area (Å²) in [5, 5.41) is 20.7. The number of nitro groups is 1. The lowest BCUT2D eigenvalue weighted by molar-refractivity contribution is -0.384.